The van der Waals surface area contributed by atoms with E-state index in [-0.39, 0.29) is 11.2 Å². The summed E-state index contributed by atoms with van der Waals surface area (Å²) in [5.74, 6) is 1.08. The number of hydrogen-bond donors (Lipinski definition) is 1. The number of nitrogens with zero attached hydrogens (tertiary/aromatic N) is 1. The molecule has 21 heavy (non-hydrogen) atoms. The first-order valence-electron chi connectivity index (χ1n) is 6.45. The van der Waals surface area contributed by atoms with Gasteiger partial charge < -0.3 is 4.98 Å². The van der Waals surface area contributed by atoms with Crippen LogP contribution in [-0.2, 0) is 11.2 Å². The van der Waals surface area contributed by atoms with Crippen LogP contribution in [0.2, 0.25) is 0 Å². The third kappa shape index (κ3) is 4.14. The largest absolute Gasteiger partial charge is 0.345 e. The van der Waals surface area contributed by atoms with E-state index in [2.05, 4.69) is 46.7 Å². The molecular weight excluding hydrogens is 371 g/mol. The van der Waals surface area contributed by atoms with Crippen LogP contribution in [0.1, 0.15) is 32.3 Å². The van der Waals surface area contributed by atoms with Crippen molar-refractivity contribution in [3.05, 3.63) is 50.7 Å². The minimum atomic E-state index is -0.214. The lowest BCUT2D eigenvalue weighted by molar-refractivity contribution is 0.559. The van der Waals surface area contributed by atoms with E-state index in [1.54, 1.807) is 12.1 Å². The Morgan fingerprint density at radius 3 is 2.62 bits per heavy atom. The highest BCUT2D eigenvalue weighted by atomic mass is 79.9. The van der Waals surface area contributed by atoms with Crippen molar-refractivity contribution in [1.82, 2.24) is 9.97 Å². The number of aromatic amines is 1. The maximum atomic E-state index is 13.6. The summed E-state index contributed by atoms with van der Waals surface area (Å²) in [6.45, 7) is 6.31. The molecule has 2 aromatic rings. The van der Waals surface area contributed by atoms with Gasteiger partial charge >= 0.3 is 0 Å². The molecule has 1 heterocycles. The van der Waals surface area contributed by atoms with E-state index in [1.807, 2.05) is 6.07 Å². The smallest absolute Gasteiger partial charge is 0.144 e. The molecule has 2 rings (SSSR count). The molecule has 0 aliphatic carbocycles. The molecule has 0 atom stereocenters. The van der Waals surface area contributed by atoms with Crippen molar-refractivity contribution in [2.24, 2.45) is 0 Å². The monoisotopic (exact) mass is 386 g/mol. The predicted molar refractivity (Wildman–Crippen MR) is 91.8 cm³/mol. The molecule has 1 N–H and O–H groups in total. The molecule has 0 saturated carbocycles. The van der Waals surface area contributed by atoms with E-state index < -0.39 is 0 Å². The van der Waals surface area contributed by atoms with Crippen LogP contribution in [-0.4, -0.2) is 9.97 Å². The van der Waals surface area contributed by atoms with Gasteiger partial charge in [0, 0.05) is 16.0 Å². The highest BCUT2D eigenvalue weighted by Crippen LogP contribution is 2.30. The fraction of sp³-hybridized carbons (Fsp3) is 0.333. The number of benzene rings is 1. The third-order valence-corrected chi connectivity index (χ3v) is 5.25. The number of halogens is 2. The standard InChI is InChI=1S/C15H16BrFN2S2/c1-15(2,3)13-12(16)14(20)19-11(18-13)8-21-10-7-5-4-6-9(10)17/h4-7H,8H2,1-3H3,(H,18,19,20). The van der Waals surface area contributed by atoms with Crippen LogP contribution >= 0.6 is 39.9 Å². The first kappa shape index (κ1) is 16.6. The van der Waals surface area contributed by atoms with Crippen molar-refractivity contribution in [2.75, 3.05) is 0 Å². The zero-order valence-electron chi connectivity index (χ0n) is 12.0. The van der Waals surface area contributed by atoms with Crippen LogP contribution in [0.25, 0.3) is 0 Å². The first-order valence-corrected chi connectivity index (χ1v) is 8.64. The lowest BCUT2D eigenvalue weighted by Gasteiger charge is -2.21. The normalized spacial score (nSPS) is 11.7. The Kier molecular flexibility index (Phi) is 5.22. The van der Waals surface area contributed by atoms with Crippen molar-refractivity contribution < 1.29 is 4.39 Å². The summed E-state index contributed by atoms with van der Waals surface area (Å²) in [5.41, 5.74) is 0.930. The fourth-order valence-corrected chi connectivity index (χ4v) is 3.60. The quantitative estimate of drug-likeness (QED) is 0.547. The Labute approximate surface area is 141 Å². The summed E-state index contributed by atoms with van der Waals surface area (Å²) in [6.07, 6.45) is 0. The fourth-order valence-electron chi connectivity index (χ4n) is 1.80. The van der Waals surface area contributed by atoms with Gasteiger partial charge in [-0.05, 0) is 28.1 Å². The molecule has 0 aliphatic rings. The Balaban J connectivity index is 2.28. The van der Waals surface area contributed by atoms with Crippen LogP contribution in [0.5, 0.6) is 0 Å². The van der Waals surface area contributed by atoms with Crippen molar-refractivity contribution >= 4 is 39.9 Å². The van der Waals surface area contributed by atoms with Crippen molar-refractivity contribution in [3.8, 4) is 0 Å². The minimum absolute atomic E-state index is 0.0766. The average Bonchev–Trinajstić information content (AvgIpc) is 2.40. The second-order valence-corrected chi connectivity index (χ2v) is 7.84. The van der Waals surface area contributed by atoms with Gasteiger partial charge in [0.25, 0.3) is 0 Å². The number of aromatic nitrogens is 2. The Morgan fingerprint density at radius 1 is 1.33 bits per heavy atom. The molecule has 0 unspecified atom stereocenters. The van der Waals surface area contributed by atoms with Gasteiger partial charge in [-0.15, -0.1) is 11.8 Å². The van der Waals surface area contributed by atoms with Crippen LogP contribution in [0.3, 0.4) is 0 Å². The average molecular weight is 387 g/mol. The Morgan fingerprint density at radius 2 is 2.00 bits per heavy atom. The van der Waals surface area contributed by atoms with Crippen LogP contribution < -0.4 is 0 Å². The van der Waals surface area contributed by atoms with E-state index in [0.717, 1.165) is 16.0 Å². The Hall–Kier alpha value is -0.720. The number of hydrogen-bond acceptors (Lipinski definition) is 3. The molecule has 0 aliphatic heterocycles. The summed E-state index contributed by atoms with van der Waals surface area (Å²) >= 11 is 10.2. The van der Waals surface area contributed by atoms with E-state index in [0.29, 0.717) is 15.3 Å². The van der Waals surface area contributed by atoms with Crippen LogP contribution in [0.4, 0.5) is 4.39 Å². The van der Waals surface area contributed by atoms with Gasteiger partial charge in [-0.25, -0.2) is 9.37 Å². The van der Waals surface area contributed by atoms with E-state index >= 15 is 0 Å². The lowest BCUT2D eigenvalue weighted by atomic mass is 9.92. The second kappa shape index (κ2) is 6.58. The lowest BCUT2D eigenvalue weighted by Crippen LogP contribution is -2.16. The number of rotatable bonds is 3. The van der Waals surface area contributed by atoms with E-state index in [4.69, 9.17) is 12.2 Å². The molecule has 0 radical (unpaired) electrons. The molecule has 0 spiro atoms. The molecule has 1 aromatic carbocycles. The SMILES string of the molecule is CC(C)(C)c1[nH]c(CSc2ccccc2F)nc(=S)c1Br. The molecule has 0 bridgehead atoms. The molecule has 0 saturated heterocycles. The highest BCUT2D eigenvalue weighted by Gasteiger charge is 2.20. The van der Waals surface area contributed by atoms with Crippen LogP contribution in [0.15, 0.2) is 33.6 Å². The number of H-pyrrole nitrogens is 1. The van der Waals surface area contributed by atoms with E-state index in [1.165, 1.54) is 17.8 Å². The first-order chi connectivity index (χ1) is 9.79. The molecule has 0 amide bonds. The van der Waals surface area contributed by atoms with Gasteiger partial charge in [-0.3, -0.25) is 0 Å². The van der Waals surface area contributed by atoms with Gasteiger partial charge in [0.05, 0.1) is 10.2 Å². The number of nitrogens with one attached hydrogen (secondary N) is 1. The molecular formula is C15H16BrFN2S2. The summed E-state index contributed by atoms with van der Waals surface area (Å²) in [6, 6.07) is 6.73. The maximum absolute atomic E-state index is 13.6. The van der Waals surface area contributed by atoms with Gasteiger partial charge in [0.15, 0.2) is 0 Å². The van der Waals surface area contributed by atoms with Gasteiger partial charge in [-0.2, -0.15) is 0 Å². The Bertz CT molecular complexity index is 708. The molecule has 2 nitrogen and oxygen atoms in total. The molecule has 0 fully saturated rings. The minimum Gasteiger partial charge on any atom is -0.345 e. The number of thioether (sulfide) groups is 1. The van der Waals surface area contributed by atoms with Gasteiger partial charge in [0.1, 0.15) is 16.3 Å². The zero-order valence-corrected chi connectivity index (χ0v) is 15.3. The summed E-state index contributed by atoms with van der Waals surface area (Å²) in [5, 5.41) is 0. The highest BCUT2D eigenvalue weighted by molar-refractivity contribution is 9.10. The summed E-state index contributed by atoms with van der Waals surface area (Å²) in [7, 11) is 0. The second-order valence-electron chi connectivity index (χ2n) is 5.65. The van der Waals surface area contributed by atoms with E-state index in [9.17, 15) is 4.39 Å². The predicted octanol–water partition coefficient (Wildman–Crippen LogP) is 5.63. The summed E-state index contributed by atoms with van der Waals surface area (Å²) < 4.78 is 15.0. The molecule has 112 valence electrons. The van der Waals surface area contributed by atoms with Crippen molar-refractivity contribution in [1.29, 1.82) is 0 Å². The topological polar surface area (TPSA) is 28.7 Å². The third-order valence-electron chi connectivity index (χ3n) is 2.86. The zero-order chi connectivity index (χ0) is 15.6. The molecule has 1 aromatic heterocycles. The molecule has 6 heteroatoms. The van der Waals surface area contributed by atoms with Gasteiger partial charge in [0.2, 0.25) is 0 Å². The maximum Gasteiger partial charge on any atom is 0.144 e. The van der Waals surface area contributed by atoms with Gasteiger partial charge in [-0.1, -0.05) is 45.1 Å². The van der Waals surface area contributed by atoms with Crippen molar-refractivity contribution in [3.63, 3.8) is 0 Å². The summed E-state index contributed by atoms with van der Waals surface area (Å²) in [4.78, 5) is 8.29. The van der Waals surface area contributed by atoms with Crippen LogP contribution in [0, 0.1) is 10.5 Å². The van der Waals surface area contributed by atoms with Crippen molar-refractivity contribution in [2.45, 2.75) is 36.8 Å².